The van der Waals surface area contributed by atoms with Crippen LogP contribution in [0, 0.1) is 6.92 Å². The summed E-state index contributed by atoms with van der Waals surface area (Å²) in [5.41, 5.74) is 3.01. The summed E-state index contributed by atoms with van der Waals surface area (Å²) in [6.07, 6.45) is 8.97. The quantitative estimate of drug-likeness (QED) is 0.882. The van der Waals surface area contributed by atoms with Crippen LogP contribution in [0.25, 0.3) is 0 Å². The summed E-state index contributed by atoms with van der Waals surface area (Å²) in [5, 5.41) is 3.87. The second kappa shape index (κ2) is 6.50. The first-order chi connectivity index (χ1) is 10.2. The molecule has 0 radical (unpaired) electrons. The molecule has 1 aromatic rings. The van der Waals surface area contributed by atoms with Crippen LogP contribution in [0.5, 0.6) is 0 Å². The van der Waals surface area contributed by atoms with Crippen molar-refractivity contribution in [3.63, 3.8) is 0 Å². The highest BCUT2D eigenvalue weighted by Gasteiger charge is 2.38. The molecule has 2 unspecified atom stereocenters. The summed E-state index contributed by atoms with van der Waals surface area (Å²) >= 11 is 0. The van der Waals surface area contributed by atoms with Crippen LogP contribution in [-0.4, -0.2) is 18.2 Å². The maximum atomic E-state index is 6.21. The molecule has 1 saturated heterocycles. The van der Waals surface area contributed by atoms with Crippen molar-refractivity contribution in [2.75, 3.05) is 6.61 Å². The van der Waals surface area contributed by atoms with Crippen molar-refractivity contribution in [1.82, 2.24) is 5.32 Å². The smallest absolute Gasteiger partial charge is 0.0697 e. The molecule has 0 bridgehead atoms. The zero-order chi connectivity index (χ0) is 14.7. The van der Waals surface area contributed by atoms with Gasteiger partial charge in [-0.05, 0) is 50.7 Å². The Kier molecular flexibility index (Phi) is 4.66. The Balaban J connectivity index is 1.63. The van der Waals surface area contributed by atoms with Gasteiger partial charge in [0.25, 0.3) is 0 Å². The first-order valence-corrected chi connectivity index (χ1v) is 8.64. The Labute approximate surface area is 129 Å². The van der Waals surface area contributed by atoms with E-state index in [1.54, 1.807) is 0 Å². The third-order valence-corrected chi connectivity index (χ3v) is 5.40. The van der Waals surface area contributed by atoms with E-state index in [0.29, 0.717) is 12.1 Å². The topological polar surface area (TPSA) is 21.3 Å². The summed E-state index contributed by atoms with van der Waals surface area (Å²) in [6, 6.07) is 9.76. The molecular weight excluding hydrogens is 258 g/mol. The molecule has 2 aliphatic rings. The first kappa shape index (κ1) is 15.1. The lowest BCUT2D eigenvalue weighted by atomic mass is 9.78. The van der Waals surface area contributed by atoms with Gasteiger partial charge in [-0.2, -0.15) is 0 Å². The molecular formula is C19H29NO. The molecule has 0 aromatic heterocycles. The van der Waals surface area contributed by atoms with E-state index in [4.69, 9.17) is 4.74 Å². The maximum Gasteiger partial charge on any atom is 0.0697 e. The zero-order valence-electron chi connectivity index (χ0n) is 13.5. The second-order valence-electron chi connectivity index (χ2n) is 7.03. The Hall–Kier alpha value is -0.860. The molecule has 1 aromatic carbocycles. The van der Waals surface area contributed by atoms with E-state index in [9.17, 15) is 0 Å². The Morgan fingerprint density at radius 1 is 1.19 bits per heavy atom. The van der Waals surface area contributed by atoms with E-state index in [1.807, 2.05) is 0 Å². The van der Waals surface area contributed by atoms with Crippen LogP contribution in [0.4, 0.5) is 0 Å². The van der Waals surface area contributed by atoms with Crippen LogP contribution in [0.15, 0.2) is 24.3 Å². The average Bonchev–Trinajstić information content (AvgIpc) is 2.48. The number of nitrogens with one attached hydrogen (secondary N) is 1. The van der Waals surface area contributed by atoms with Crippen LogP contribution in [0.2, 0.25) is 0 Å². The predicted molar refractivity (Wildman–Crippen MR) is 87.5 cm³/mol. The van der Waals surface area contributed by atoms with Crippen LogP contribution >= 0.6 is 0 Å². The van der Waals surface area contributed by atoms with E-state index in [0.717, 1.165) is 13.0 Å². The standard InChI is InChI=1S/C19H29NO/c1-15-8-4-5-9-18(15)16(2)20-17-10-13-21-19(14-17)11-6-3-7-12-19/h4-5,8-9,16-17,20H,3,6-7,10-14H2,1-2H3. The molecule has 2 atom stereocenters. The van der Waals surface area contributed by atoms with E-state index >= 15 is 0 Å². The number of hydrogen-bond donors (Lipinski definition) is 1. The normalized spacial score (nSPS) is 26.7. The van der Waals surface area contributed by atoms with E-state index < -0.39 is 0 Å². The summed E-state index contributed by atoms with van der Waals surface area (Å²) in [5.74, 6) is 0. The fraction of sp³-hybridized carbons (Fsp3) is 0.684. The number of aryl methyl sites for hydroxylation is 1. The largest absolute Gasteiger partial charge is 0.375 e. The summed E-state index contributed by atoms with van der Waals surface area (Å²) < 4.78 is 6.21. The highest BCUT2D eigenvalue weighted by molar-refractivity contribution is 5.28. The number of benzene rings is 1. The molecule has 21 heavy (non-hydrogen) atoms. The van der Waals surface area contributed by atoms with Crippen molar-refractivity contribution in [3.8, 4) is 0 Å². The van der Waals surface area contributed by atoms with Crippen LogP contribution in [-0.2, 0) is 4.74 Å². The van der Waals surface area contributed by atoms with Gasteiger partial charge in [0.15, 0.2) is 0 Å². The van der Waals surface area contributed by atoms with Crippen LogP contribution in [0.1, 0.15) is 69.0 Å². The molecule has 1 spiro atoms. The minimum absolute atomic E-state index is 0.194. The molecule has 2 fully saturated rings. The van der Waals surface area contributed by atoms with Gasteiger partial charge < -0.3 is 10.1 Å². The molecule has 3 rings (SSSR count). The van der Waals surface area contributed by atoms with Crippen molar-refractivity contribution in [3.05, 3.63) is 35.4 Å². The molecule has 2 nitrogen and oxygen atoms in total. The molecule has 1 heterocycles. The van der Waals surface area contributed by atoms with Gasteiger partial charge >= 0.3 is 0 Å². The zero-order valence-corrected chi connectivity index (χ0v) is 13.5. The van der Waals surface area contributed by atoms with Gasteiger partial charge in [0.2, 0.25) is 0 Å². The third-order valence-electron chi connectivity index (χ3n) is 5.40. The lowest BCUT2D eigenvalue weighted by molar-refractivity contribution is -0.110. The average molecular weight is 287 g/mol. The fourth-order valence-corrected chi connectivity index (χ4v) is 4.23. The Morgan fingerprint density at radius 3 is 2.71 bits per heavy atom. The molecule has 1 aliphatic carbocycles. The van der Waals surface area contributed by atoms with E-state index in [1.165, 1.54) is 49.7 Å². The van der Waals surface area contributed by atoms with E-state index in [2.05, 4.69) is 43.4 Å². The second-order valence-corrected chi connectivity index (χ2v) is 7.03. The lowest BCUT2D eigenvalue weighted by Gasteiger charge is -2.44. The van der Waals surface area contributed by atoms with Crippen molar-refractivity contribution in [1.29, 1.82) is 0 Å². The van der Waals surface area contributed by atoms with Crippen molar-refractivity contribution in [2.24, 2.45) is 0 Å². The van der Waals surface area contributed by atoms with Gasteiger partial charge in [-0.25, -0.2) is 0 Å². The van der Waals surface area contributed by atoms with Gasteiger partial charge in [-0.15, -0.1) is 0 Å². The van der Waals surface area contributed by atoms with Gasteiger partial charge in [0.05, 0.1) is 5.60 Å². The minimum atomic E-state index is 0.194. The molecule has 2 heteroatoms. The molecule has 1 saturated carbocycles. The van der Waals surface area contributed by atoms with Crippen molar-refractivity contribution < 1.29 is 4.74 Å². The van der Waals surface area contributed by atoms with Crippen molar-refractivity contribution in [2.45, 2.75) is 76.5 Å². The summed E-state index contributed by atoms with van der Waals surface area (Å²) in [6.45, 7) is 5.43. The van der Waals surface area contributed by atoms with Crippen molar-refractivity contribution >= 4 is 0 Å². The highest BCUT2D eigenvalue weighted by atomic mass is 16.5. The predicted octanol–water partition coefficient (Wildman–Crippen LogP) is 4.53. The highest BCUT2D eigenvalue weighted by Crippen LogP contribution is 2.39. The Bertz CT molecular complexity index is 459. The van der Waals surface area contributed by atoms with Gasteiger partial charge in [-0.3, -0.25) is 0 Å². The van der Waals surface area contributed by atoms with E-state index in [-0.39, 0.29) is 5.60 Å². The number of rotatable bonds is 3. The summed E-state index contributed by atoms with van der Waals surface area (Å²) in [4.78, 5) is 0. The monoisotopic (exact) mass is 287 g/mol. The number of ether oxygens (including phenoxy) is 1. The minimum Gasteiger partial charge on any atom is -0.375 e. The SMILES string of the molecule is Cc1ccccc1C(C)NC1CCOC2(CCCCC2)C1. The number of hydrogen-bond acceptors (Lipinski definition) is 2. The molecule has 1 N–H and O–H groups in total. The Morgan fingerprint density at radius 2 is 1.95 bits per heavy atom. The van der Waals surface area contributed by atoms with Crippen LogP contribution < -0.4 is 5.32 Å². The lowest BCUT2D eigenvalue weighted by Crippen LogP contribution is -2.48. The maximum absolute atomic E-state index is 6.21. The van der Waals surface area contributed by atoms with Gasteiger partial charge in [0.1, 0.15) is 0 Å². The fourth-order valence-electron chi connectivity index (χ4n) is 4.23. The first-order valence-electron chi connectivity index (χ1n) is 8.64. The molecule has 116 valence electrons. The third kappa shape index (κ3) is 3.49. The molecule has 0 amide bonds. The molecule has 1 aliphatic heterocycles. The van der Waals surface area contributed by atoms with Gasteiger partial charge in [0, 0.05) is 18.7 Å². The van der Waals surface area contributed by atoms with Crippen LogP contribution in [0.3, 0.4) is 0 Å². The van der Waals surface area contributed by atoms with Gasteiger partial charge in [-0.1, -0.05) is 43.5 Å². The summed E-state index contributed by atoms with van der Waals surface area (Å²) in [7, 11) is 0.